The summed E-state index contributed by atoms with van der Waals surface area (Å²) >= 11 is 0. The molecule has 0 radical (unpaired) electrons. The van der Waals surface area contributed by atoms with Crippen LogP contribution >= 0.6 is 0 Å². The first-order valence-corrected chi connectivity index (χ1v) is 10.1. The van der Waals surface area contributed by atoms with Gasteiger partial charge in [-0.1, -0.05) is 6.07 Å². The lowest BCUT2D eigenvalue weighted by Crippen LogP contribution is -2.55. The fraction of sp³-hybridized carbons (Fsp3) is 0.273. The van der Waals surface area contributed by atoms with E-state index in [0.29, 0.717) is 31.3 Å². The second-order valence-electron chi connectivity index (χ2n) is 7.30. The minimum absolute atomic E-state index is 0.0323. The van der Waals surface area contributed by atoms with Crippen LogP contribution in [0.15, 0.2) is 60.1 Å². The van der Waals surface area contributed by atoms with Crippen LogP contribution in [0, 0.1) is 5.82 Å². The quantitative estimate of drug-likeness (QED) is 0.486. The highest BCUT2D eigenvalue weighted by molar-refractivity contribution is 5.98. The van der Waals surface area contributed by atoms with Crippen molar-refractivity contribution in [3.8, 4) is 11.5 Å². The van der Waals surface area contributed by atoms with E-state index in [-0.39, 0.29) is 18.2 Å². The van der Waals surface area contributed by atoms with Crippen LogP contribution in [0.2, 0.25) is 0 Å². The summed E-state index contributed by atoms with van der Waals surface area (Å²) < 4.78 is 21.7. The third-order valence-electron chi connectivity index (χ3n) is 5.04. The summed E-state index contributed by atoms with van der Waals surface area (Å²) in [5.41, 5.74) is 1.51. The molecule has 1 N–H and O–H groups in total. The second kappa shape index (κ2) is 9.46. The predicted octanol–water partition coefficient (Wildman–Crippen LogP) is 2.17. The lowest BCUT2D eigenvalue weighted by molar-refractivity contribution is -0.120. The molecule has 0 saturated carbocycles. The number of carbonyl (C=O) groups excluding carboxylic acids is 1. The van der Waals surface area contributed by atoms with Gasteiger partial charge in [-0.25, -0.2) is 4.39 Å². The molecule has 0 atom stereocenters. The number of halogens is 1. The van der Waals surface area contributed by atoms with Crippen molar-refractivity contribution in [1.29, 1.82) is 0 Å². The van der Waals surface area contributed by atoms with Crippen LogP contribution < -0.4 is 15.0 Å². The van der Waals surface area contributed by atoms with Gasteiger partial charge < -0.3 is 19.9 Å². The lowest BCUT2D eigenvalue weighted by Gasteiger charge is -2.35. The Morgan fingerprint density at radius 1 is 1.28 bits per heavy atom. The number of nitrogens with zero attached hydrogens (tertiary/aromatic N) is 6. The number of hydrogen-bond acceptors (Lipinski definition) is 5. The molecule has 9 nitrogen and oxygen atoms in total. The van der Waals surface area contributed by atoms with Crippen molar-refractivity contribution in [3.05, 3.63) is 66.5 Å². The molecule has 1 fully saturated rings. The first kappa shape index (κ1) is 21.3. The molecule has 166 valence electrons. The van der Waals surface area contributed by atoms with Crippen molar-refractivity contribution in [2.45, 2.75) is 6.54 Å². The topological polar surface area (TPSA) is 87.9 Å². The molecule has 1 saturated heterocycles. The molecule has 0 bridgehead atoms. The third kappa shape index (κ3) is 4.85. The van der Waals surface area contributed by atoms with Gasteiger partial charge in [-0.2, -0.15) is 5.10 Å². The summed E-state index contributed by atoms with van der Waals surface area (Å²) in [5, 5.41) is 7.33. The van der Waals surface area contributed by atoms with Crippen LogP contribution in [0.4, 0.5) is 10.1 Å². The predicted molar refractivity (Wildman–Crippen MR) is 118 cm³/mol. The van der Waals surface area contributed by atoms with Crippen LogP contribution in [-0.2, 0) is 18.4 Å². The van der Waals surface area contributed by atoms with Gasteiger partial charge >= 0.3 is 0 Å². The van der Waals surface area contributed by atoms with Crippen LogP contribution in [0.5, 0.6) is 11.5 Å². The maximum absolute atomic E-state index is 14.5. The Balaban J connectivity index is 1.34. The van der Waals surface area contributed by atoms with Gasteiger partial charge in [0.1, 0.15) is 12.3 Å². The van der Waals surface area contributed by atoms with Crippen LogP contribution in [0.3, 0.4) is 0 Å². The van der Waals surface area contributed by atoms with Gasteiger partial charge in [0.25, 0.3) is 0 Å². The van der Waals surface area contributed by atoms with Gasteiger partial charge in [0.2, 0.25) is 5.91 Å². The number of guanidine groups is 1. The van der Waals surface area contributed by atoms with Gasteiger partial charge in [-0.3, -0.25) is 19.5 Å². The molecule has 1 aliphatic heterocycles. The number of nitrogens with one attached hydrogen (secondary N) is 1. The SMILES string of the molecule is CN=C(NCc1ccc(Oc2cccnc2)c(F)c1)N1CCN(c2cnn(C)c2)C(=O)C1. The summed E-state index contributed by atoms with van der Waals surface area (Å²) in [4.78, 5) is 24.5. The van der Waals surface area contributed by atoms with E-state index in [2.05, 4.69) is 20.4 Å². The molecular formula is C22H24FN7O2. The Labute approximate surface area is 185 Å². The number of aromatic nitrogens is 3. The Morgan fingerprint density at radius 2 is 2.16 bits per heavy atom. The molecular weight excluding hydrogens is 413 g/mol. The molecule has 2 aromatic heterocycles. The van der Waals surface area contributed by atoms with Crippen LogP contribution in [0.25, 0.3) is 0 Å². The minimum atomic E-state index is -0.469. The molecule has 1 aromatic carbocycles. The van der Waals surface area contributed by atoms with Crippen molar-refractivity contribution < 1.29 is 13.9 Å². The van der Waals surface area contributed by atoms with Gasteiger partial charge in [0.15, 0.2) is 17.5 Å². The highest BCUT2D eigenvalue weighted by Crippen LogP contribution is 2.24. The Morgan fingerprint density at radius 3 is 2.81 bits per heavy atom. The van der Waals surface area contributed by atoms with E-state index >= 15 is 0 Å². The zero-order valence-electron chi connectivity index (χ0n) is 17.9. The maximum atomic E-state index is 14.5. The number of pyridine rings is 1. The van der Waals surface area contributed by atoms with Crippen molar-refractivity contribution in [1.82, 2.24) is 25.0 Å². The molecule has 1 aliphatic rings. The first-order chi connectivity index (χ1) is 15.5. The number of piperazine rings is 1. The molecule has 3 heterocycles. The first-order valence-electron chi connectivity index (χ1n) is 10.1. The number of aliphatic imine (C=N–C) groups is 1. The van der Waals surface area contributed by atoms with Crippen LogP contribution in [-0.4, -0.2) is 58.2 Å². The molecule has 0 aliphatic carbocycles. The number of benzene rings is 1. The Kier molecular flexibility index (Phi) is 6.29. The zero-order valence-corrected chi connectivity index (χ0v) is 17.9. The normalized spacial score (nSPS) is 14.6. The Hall–Kier alpha value is -3.95. The number of ether oxygens (including phenoxy) is 1. The zero-order chi connectivity index (χ0) is 22.5. The molecule has 0 unspecified atom stereocenters. The average Bonchev–Trinajstić information content (AvgIpc) is 3.22. The van der Waals surface area contributed by atoms with Crippen molar-refractivity contribution in [2.75, 3.05) is 31.6 Å². The largest absolute Gasteiger partial charge is 0.453 e. The van der Waals surface area contributed by atoms with E-state index in [0.717, 1.165) is 11.3 Å². The summed E-state index contributed by atoms with van der Waals surface area (Å²) in [7, 11) is 3.47. The molecule has 0 spiro atoms. The monoisotopic (exact) mass is 437 g/mol. The number of aryl methyl sites for hydroxylation is 1. The molecule has 3 aromatic rings. The number of amides is 1. The highest BCUT2D eigenvalue weighted by atomic mass is 19.1. The number of carbonyl (C=O) groups is 1. The van der Waals surface area contributed by atoms with Crippen LogP contribution in [0.1, 0.15) is 5.56 Å². The number of hydrogen-bond donors (Lipinski definition) is 1. The van der Waals surface area contributed by atoms with E-state index in [1.54, 1.807) is 53.3 Å². The van der Waals surface area contributed by atoms with E-state index in [4.69, 9.17) is 4.74 Å². The Bertz CT molecular complexity index is 1120. The van der Waals surface area contributed by atoms with Crippen molar-refractivity contribution in [3.63, 3.8) is 0 Å². The molecule has 32 heavy (non-hydrogen) atoms. The standard InChI is InChI=1S/C22H24FN7O2/c1-24-22(29-8-9-30(21(31)15-29)17-12-27-28(2)14-17)26-11-16-5-6-20(19(23)10-16)32-18-4-3-7-25-13-18/h3-7,10,12-14H,8-9,11,15H2,1-2H3,(H,24,26). The fourth-order valence-electron chi connectivity index (χ4n) is 3.46. The number of anilines is 1. The van der Waals surface area contributed by atoms with Gasteiger partial charge in [0.05, 0.1) is 18.1 Å². The van der Waals surface area contributed by atoms with E-state index in [1.165, 1.54) is 12.3 Å². The van der Waals surface area contributed by atoms with Gasteiger partial charge in [-0.15, -0.1) is 0 Å². The van der Waals surface area contributed by atoms with Crippen molar-refractivity contribution in [2.24, 2.45) is 12.0 Å². The minimum Gasteiger partial charge on any atom is -0.453 e. The average molecular weight is 437 g/mol. The lowest BCUT2D eigenvalue weighted by atomic mass is 10.2. The third-order valence-corrected chi connectivity index (χ3v) is 5.04. The van der Waals surface area contributed by atoms with E-state index < -0.39 is 5.82 Å². The maximum Gasteiger partial charge on any atom is 0.246 e. The van der Waals surface area contributed by atoms with E-state index in [9.17, 15) is 9.18 Å². The summed E-state index contributed by atoms with van der Waals surface area (Å²) in [6.45, 7) is 1.70. The summed E-state index contributed by atoms with van der Waals surface area (Å²) in [6, 6.07) is 8.20. The van der Waals surface area contributed by atoms with Gasteiger partial charge in [-0.05, 0) is 29.8 Å². The van der Waals surface area contributed by atoms with Crippen molar-refractivity contribution >= 4 is 17.6 Å². The molecule has 1 amide bonds. The van der Waals surface area contributed by atoms with E-state index in [1.807, 2.05) is 18.1 Å². The summed E-state index contributed by atoms with van der Waals surface area (Å²) in [5.74, 6) is 0.676. The van der Waals surface area contributed by atoms with Gasteiger partial charge in [0, 0.05) is 46.1 Å². The molecule has 10 heteroatoms. The highest BCUT2D eigenvalue weighted by Gasteiger charge is 2.27. The number of rotatable bonds is 5. The summed E-state index contributed by atoms with van der Waals surface area (Å²) in [6.07, 6.45) is 6.64. The molecule has 4 rings (SSSR count). The smallest absolute Gasteiger partial charge is 0.246 e. The fourth-order valence-corrected chi connectivity index (χ4v) is 3.46. The second-order valence-corrected chi connectivity index (χ2v) is 7.30.